The molecule has 0 aliphatic rings. The molecule has 0 atom stereocenters. The second kappa shape index (κ2) is 7.63. The maximum atomic E-state index is 13.4. The number of nitrogens with zero attached hydrogens (tertiary/aromatic N) is 2. The van der Waals surface area contributed by atoms with E-state index in [0.717, 1.165) is 0 Å². The zero-order chi connectivity index (χ0) is 19.4. The average Bonchev–Trinajstić information content (AvgIpc) is 3.14. The van der Waals surface area contributed by atoms with Crippen molar-refractivity contribution in [2.75, 3.05) is 9.62 Å². The molecule has 8 heteroatoms. The molecule has 0 radical (unpaired) electrons. The van der Waals surface area contributed by atoms with Gasteiger partial charge in [0.2, 0.25) is 5.91 Å². The number of carbonyl (C=O) groups is 1. The number of aryl methyl sites for hydroxylation is 1. The van der Waals surface area contributed by atoms with Gasteiger partial charge >= 0.3 is 0 Å². The number of hydrogen-bond donors (Lipinski definition) is 1. The Bertz CT molecular complexity index is 1030. The maximum absolute atomic E-state index is 13.4. The predicted molar refractivity (Wildman–Crippen MR) is 102 cm³/mol. The molecule has 0 saturated carbocycles. The fourth-order valence-electron chi connectivity index (χ4n) is 2.61. The van der Waals surface area contributed by atoms with Gasteiger partial charge in [-0.3, -0.25) is 4.79 Å². The summed E-state index contributed by atoms with van der Waals surface area (Å²) in [5, 5.41) is 2.61. The van der Waals surface area contributed by atoms with Crippen LogP contribution in [0.2, 0.25) is 0 Å². The zero-order valence-electron chi connectivity index (χ0n) is 14.9. The Kier molecular flexibility index (Phi) is 5.27. The van der Waals surface area contributed by atoms with E-state index in [1.165, 1.54) is 29.8 Å². The van der Waals surface area contributed by atoms with Crippen molar-refractivity contribution in [2.45, 2.75) is 25.3 Å². The Morgan fingerprint density at radius 2 is 2.00 bits per heavy atom. The summed E-state index contributed by atoms with van der Waals surface area (Å²) in [5.74, 6) is 0.484. The molecule has 1 amide bonds. The van der Waals surface area contributed by atoms with Gasteiger partial charge in [0.15, 0.2) is 0 Å². The van der Waals surface area contributed by atoms with E-state index in [2.05, 4.69) is 10.3 Å². The number of rotatable bonds is 6. The summed E-state index contributed by atoms with van der Waals surface area (Å²) in [4.78, 5) is 15.6. The van der Waals surface area contributed by atoms with Crippen LogP contribution in [0.3, 0.4) is 0 Å². The number of amides is 1. The van der Waals surface area contributed by atoms with Crippen molar-refractivity contribution in [1.29, 1.82) is 0 Å². The quantitative estimate of drug-likeness (QED) is 0.702. The molecule has 1 aromatic carbocycles. The lowest BCUT2D eigenvalue weighted by molar-refractivity contribution is -0.114. The van der Waals surface area contributed by atoms with Crippen LogP contribution in [0, 0.1) is 6.92 Å². The van der Waals surface area contributed by atoms with E-state index in [4.69, 9.17) is 4.42 Å². The molecule has 0 aliphatic heterocycles. The van der Waals surface area contributed by atoms with Crippen molar-refractivity contribution in [3.05, 3.63) is 72.3 Å². The Hall–Kier alpha value is -3.13. The predicted octanol–water partition coefficient (Wildman–Crippen LogP) is 3.34. The van der Waals surface area contributed by atoms with E-state index in [0.29, 0.717) is 17.0 Å². The molecule has 0 spiro atoms. The lowest BCUT2D eigenvalue weighted by Crippen LogP contribution is -2.31. The Morgan fingerprint density at radius 1 is 1.19 bits per heavy atom. The number of carbonyl (C=O) groups excluding carboxylic acids is 1. The highest BCUT2D eigenvalue weighted by Crippen LogP contribution is 2.28. The van der Waals surface area contributed by atoms with Crippen LogP contribution in [-0.2, 0) is 21.4 Å². The van der Waals surface area contributed by atoms with Gasteiger partial charge in [0, 0.05) is 18.8 Å². The summed E-state index contributed by atoms with van der Waals surface area (Å²) in [6, 6.07) is 13.2. The maximum Gasteiger partial charge on any atom is 0.266 e. The number of anilines is 2. The van der Waals surface area contributed by atoms with Gasteiger partial charge in [-0.15, -0.1) is 0 Å². The molecule has 2 heterocycles. The third-order valence-corrected chi connectivity index (χ3v) is 5.75. The van der Waals surface area contributed by atoms with Crippen LogP contribution < -0.4 is 9.62 Å². The SMILES string of the molecule is CC(=O)Nc1ccc(C)c(S(=O)(=O)N(Cc2ccco2)c2ccccn2)c1. The van der Waals surface area contributed by atoms with Gasteiger partial charge in [0.05, 0.1) is 17.7 Å². The molecule has 2 aromatic heterocycles. The fourth-order valence-corrected chi connectivity index (χ4v) is 4.25. The second-order valence-electron chi connectivity index (χ2n) is 5.94. The van der Waals surface area contributed by atoms with Crippen molar-refractivity contribution in [1.82, 2.24) is 4.98 Å². The highest BCUT2D eigenvalue weighted by Gasteiger charge is 2.28. The number of furan rings is 1. The van der Waals surface area contributed by atoms with Crippen molar-refractivity contribution < 1.29 is 17.6 Å². The summed E-state index contributed by atoms with van der Waals surface area (Å²) < 4.78 is 33.4. The summed E-state index contributed by atoms with van der Waals surface area (Å²) >= 11 is 0. The molecule has 3 aromatic rings. The van der Waals surface area contributed by atoms with Crippen molar-refractivity contribution in [3.8, 4) is 0 Å². The van der Waals surface area contributed by atoms with Crippen LogP contribution >= 0.6 is 0 Å². The number of benzene rings is 1. The van der Waals surface area contributed by atoms with E-state index in [9.17, 15) is 13.2 Å². The van der Waals surface area contributed by atoms with Gasteiger partial charge < -0.3 is 9.73 Å². The summed E-state index contributed by atoms with van der Waals surface area (Å²) in [5.41, 5.74) is 0.968. The Labute approximate surface area is 157 Å². The van der Waals surface area contributed by atoms with Gasteiger partial charge in [0.1, 0.15) is 11.6 Å². The fraction of sp³-hybridized carbons (Fsp3) is 0.158. The average molecular weight is 385 g/mol. The molecule has 7 nitrogen and oxygen atoms in total. The minimum Gasteiger partial charge on any atom is -0.467 e. The monoisotopic (exact) mass is 385 g/mol. The van der Waals surface area contributed by atoms with E-state index >= 15 is 0 Å². The Balaban J connectivity index is 2.09. The van der Waals surface area contributed by atoms with Gasteiger partial charge in [-0.05, 0) is 48.9 Å². The number of sulfonamides is 1. The summed E-state index contributed by atoms with van der Waals surface area (Å²) in [6.07, 6.45) is 3.02. The highest BCUT2D eigenvalue weighted by atomic mass is 32.2. The minimum atomic E-state index is -3.96. The van der Waals surface area contributed by atoms with E-state index in [-0.39, 0.29) is 23.2 Å². The van der Waals surface area contributed by atoms with Crippen LogP contribution in [0.1, 0.15) is 18.2 Å². The van der Waals surface area contributed by atoms with E-state index in [1.54, 1.807) is 49.4 Å². The third-order valence-electron chi connectivity index (χ3n) is 3.86. The molecule has 0 unspecified atom stereocenters. The molecule has 1 N–H and O–H groups in total. The molecular formula is C19H19N3O4S. The molecule has 140 valence electrons. The van der Waals surface area contributed by atoms with Crippen LogP contribution in [0.4, 0.5) is 11.5 Å². The molecular weight excluding hydrogens is 366 g/mol. The van der Waals surface area contributed by atoms with Gasteiger partial charge in [-0.2, -0.15) is 0 Å². The largest absolute Gasteiger partial charge is 0.467 e. The van der Waals surface area contributed by atoms with E-state index < -0.39 is 10.0 Å². The van der Waals surface area contributed by atoms with Crippen LogP contribution in [0.5, 0.6) is 0 Å². The topological polar surface area (TPSA) is 92.5 Å². The minimum absolute atomic E-state index is 0.00382. The van der Waals surface area contributed by atoms with Gasteiger partial charge in [-0.1, -0.05) is 12.1 Å². The molecule has 3 rings (SSSR count). The lowest BCUT2D eigenvalue weighted by Gasteiger charge is -2.23. The Morgan fingerprint density at radius 3 is 2.63 bits per heavy atom. The van der Waals surface area contributed by atoms with Crippen LogP contribution in [0.15, 0.2) is 70.3 Å². The lowest BCUT2D eigenvalue weighted by atomic mass is 10.2. The summed E-state index contributed by atoms with van der Waals surface area (Å²) in [7, 11) is -3.96. The van der Waals surface area contributed by atoms with Gasteiger partial charge in [-0.25, -0.2) is 17.7 Å². The third kappa shape index (κ3) is 4.17. The standard InChI is InChI=1S/C19H19N3O4S/c1-14-8-9-16(21-15(2)23)12-18(14)27(24,25)22(13-17-6-5-11-26-17)19-7-3-4-10-20-19/h3-12H,13H2,1-2H3,(H,21,23). The number of hydrogen-bond acceptors (Lipinski definition) is 5. The highest BCUT2D eigenvalue weighted by molar-refractivity contribution is 7.92. The van der Waals surface area contributed by atoms with E-state index in [1.807, 2.05) is 0 Å². The number of aromatic nitrogens is 1. The molecule has 0 bridgehead atoms. The molecule has 0 fully saturated rings. The smallest absolute Gasteiger partial charge is 0.266 e. The first-order valence-corrected chi connectivity index (χ1v) is 9.66. The van der Waals surface area contributed by atoms with Crippen molar-refractivity contribution in [3.63, 3.8) is 0 Å². The molecule has 27 heavy (non-hydrogen) atoms. The summed E-state index contributed by atoms with van der Waals surface area (Å²) in [6.45, 7) is 3.06. The van der Waals surface area contributed by atoms with Gasteiger partial charge in [0.25, 0.3) is 10.0 Å². The van der Waals surface area contributed by atoms with Crippen LogP contribution in [-0.4, -0.2) is 19.3 Å². The second-order valence-corrected chi connectivity index (χ2v) is 7.77. The number of nitrogens with one attached hydrogen (secondary N) is 1. The first-order chi connectivity index (χ1) is 12.9. The zero-order valence-corrected chi connectivity index (χ0v) is 15.7. The normalized spacial score (nSPS) is 11.2. The first-order valence-electron chi connectivity index (χ1n) is 8.22. The van der Waals surface area contributed by atoms with Crippen LogP contribution in [0.25, 0.3) is 0 Å². The van der Waals surface area contributed by atoms with Crippen molar-refractivity contribution >= 4 is 27.4 Å². The van der Waals surface area contributed by atoms with Crippen molar-refractivity contribution in [2.24, 2.45) is 0 Å². The molecule has 0 saturated heterocycles. The first kappa shape index (κ1) is 18.7. The molecule has 0 aliphatic carbocycles. The number of pyridine rings is 1.